The minimum absolute atomic E-state index is 0.0610. The maximum Gasteiger partial charge on any atom is 0.510 e. The maximum absolute atomic E-state index is 14.4. The number of nitrogens with one attached hydrogen (secondary N) is 3. The Morgan fingerprint density at radius 1 is 0.736 bits per heavy atom. The fourth-order valence-corrected chi connectivity index (χ4v) is 12.6. The molecule has 4 aliphatic rings. The number of amides is 2. The predicted octanol–water partition coefficient (Wildman–Crippen LogP) is 11.8. The zero-order chi connectivity index (χ0) is 59.7. The molecule has 0 saturated carbocycles. The summed E-state index contributed by atoms with van der Waals surface area (Å²) in [6, 6.07) is 57.7. The Kier molecular flexibility index (Phi) is 15.2. The maximum atomic E-state index is 14.4. The fourth-order valence-electron chi connectivity index (χ4n) is 12.6. The van der Waals surface area contributed by atoms with Gasteiger partial charge in [0.05, 0.1) is 41.7 Å². The second-order valence-electron chi connectivity index (χ2n) is 21.9. The van der Waals surface area contributed by atoms with E-state index in [1.165, 1.54) is 0 Å². The first-order valence-electron chi connectivity index (χ1n) is 29.1. The van der Waals surface area contributed by atoms with E-state index in [9.17, 15) is 24.0 Å². The van der Waals surface area contributed by atoms with Crippen LogP contribution < -0.4 is 35.7 Å². The van der Waals surface area contributed by atoms with Crippen molar-refractivity contribution in [3.05, 3.63) is 242 Å². The van der Waals surface area contributed by atoms with Crippen molar-refractivity contribution in [3.63, 3.8) is 0 Å². The lowest BCUT2D eigenvalue weighted by Gasteiger charge is -2.37. The number of rotatable bonds is 19. The number of aromatic nitrogens is 2. The monoisotopic (exact) mass is 1160 g/mol. The first-order chi connectivity index (χ1) is 42.5. The third kappa shape index (κ3) is 10.5. The van der Waals surface area contributed by atoms with Crippen LogP contribution >= 0.6 is 0 Å². The second kappa shape index (κ2) is 23.7. The van der Waals surface area contributed by atoms with Crippen LogP contribution in [0.4, 0.5) is 15.3 Å². The average molecular weight is 1160 g/mol. The number of ether oxygens (including phenoxy) is 7. The topological polar surface area (TPSA) is 204 Å². The highest BCUT2D eigenvalue weighted by molar-refractivity contribution is 5.96. The summed E-state index contributed by atoms with van der Waals surface area (Å²) in [5.74, 6) is 0.440. The molecule has 2 aromatic heterocycles. The Bertz CT molecular complexity index is 4090. The molecule has 0 fully saturated rings. The Morgan fingerprint density at radius 3 is 2.07 bits per heavy atom. The SMILES string of the molecule is CC[C@@]1(OC(=O)OCc2ccc(NC(=O)[C@H](CCCCNC(c3ccccc3)(c3ccccc3)c3ccc(OC)cc3)NC(=O)OCC3c4ccccc4-c4ccccc43)cc2)C(=O)OCc2c1cc1n(c2=O)Cc2cc3cc4c(cc3nc2-1)OCO4. The zero-order valence-corrected chi connectivity index (χ0v) is 47.8. The molecule has 0 unspecified atom stereocenters. The van der Waals surface area contributed by atoms with E-state index in [1.54, 1.807) is 55.0 Å². The lowest BCUT2D eigenvalue weighted by Crippen LogP contribution is -2.47. The number of nitrogens with zero attached hydrogens (tertiary/aromatic N) is 2. The van der Waals surface area contributed by atoms with Crippen molar-refractivity contribution in [1.82, 2.24) is 20.2 Å². The van der Waals surface area contributed by atoms with E-state index in [0.29, 0.717) is 59.0 Å². The van der Waals surface area contributed by atoms with Gasteiger partial charge in [0.25, 0.3) is 5.56 Å². The largest absolute Gasteiger partial charge is 0.510 e. The van der Waals surface area contributed by atoms with Gasteiger partial charge in [0.1, 0.15) is 31.6 Å². The molecule has 1 aliphatic carbocycles. The van der Waals surface area contributed by atoms with Gasteiger partial charge in [-0.25, -0.2) is 19.4 Å². The van der Waals surface area contributed by atoms with Crippen LogP contribution in [0.5, 0.6) is 17.2 Å². The number of cyclic esters (lactones) is 1. The van der Waals surface area contributed by atoms with Gasteiger partial charge in [0.15, 0.2) is 11.5 Å². The van der Waals surface area contributed by atoms with Gasteiger partial charge >= 0.3 is 18.2 Å². The number of alkyl carbamates (subject to hydrolysis) is 1. The molecule has 17 heteroatoms. The van der Waals surface area contributed by atoms with Crippen LogP contribution in [0, 0.1) is 0 Å². The summed E-state index contributed by atoms with van der Waals surface area (Å²) in [5, 5.41) is 10.6. The summed E-state index contributed by atoms with van der Waals surface area (Å²) in [6.45, 7) is 2.05. The summed E-state index contributed by atoms with van der Waals surface area (Å²) in [5.41, 5.74) is 8.10. The van der Waals surface area contributed by atoms with Crippen molar-refractivity contribution in [1.29, 1.82) is 0 Å². The molecule has 2 amide bonds. The highest BCUT2D eigenvalue weighted by atomic mass is 16.7. The lowest BCUT2D eigenvalue weighted by molar-refractivity contribution is -0.175. The molecule has 7 aromatic carbocycles. The number of methoxy groups -OCH3 is 1. The van der Waals surface area contributed by atoms with Gasteiger partial charge in [-0.1, -0.05) is 140 Å². The Hall–Kier alpha value is -10.3. The van der Waals surface area contributed by atoms with Crippen molar-refractivity contribution < 1.29 is 52.3 Å². The molecule has 3 N–H and O–H groups in total. The molecule has 0 bridgehead atoms. The number of fused-ring (bicyclic) bond motifs is 9. The first-order valence-corrected chi connectivity index (χ1v) is 29.1. The summed E-state index contributed by atoms with van der Waals surface area (Å²) in [4.78, 5) is 74.8. The fraction of sp³-hybridized carbons (Fsp3) is 0.229. The third-order valence-corrected chi connectivity index (χ3v) is 17.0. The number of carbonyl (C=O) groups is 4. The quantitative estimate of drug-likeness (QED) is 0.0298. The minimum Gasteiger partial charge on any atom is -0.497 e. The molecule has 2 atom stereocenters. The number of pyridine rings is 2. The van der Waals surface area contributed by atoms with E-state index in [0.717, 1.165) is 55.6 Å². The number of carbonyl (C=O) groups excluding carboxylic acids is 4. The van der Waals surface area contributed by atoms with Crippen molar-refractivity contribution in [2.75, 3.05) is 32.4 Å². The molecule has 87 heavy (non-hydrogen) atoms. The summed E-state index contributed by atoms with van der Waals surface area (Å²) < 4.78 is 41.3. The first kappa shape index (κ1) is 55.9. The lowest BCUT2D eigenvalue weighted by atomic mass is 9.77. The van der Waals surface area contributed by atoms with Crippen LogP contribution in [0.15, 0.2) is 187 Å². The number of anilines is 1. The van der Waals surface area contributed by atoms with E-state index in [1.807, 2.05) is 97.1 Å². The molecule has 13 rings (SSSR count). The average Bonchev–Trinajstić information content (AvgIpc) is 1.74. The summed E-state index contributed by atoms with van der Waals surface area (Å²) >= 11 is 0. The van der Waals surface area contributed by atoms with Crippen LogP contribution in [0.1, 0.15) is 88.6 Å². The summed E-state index contributed by atoms with van der Waals surface area (Å²) in [7, 11) is 1.65. The molecule has 0 radical (unpaired) electrons. The normalized spacial score (nSPS) is 15.4. The van der Waals surface area contributed by atoms with Crippen molar-refractivity contribution in [3.8, 4) is 39.8 Å². The van der Waals surface area contributed by atoms with Gasteiger partial charge in [0.2, 0.25) is 18.3 Å². The molecule has 0 saturated heterocycles. The molecular weight excluding hydrogens is 1100 g/mol. The molecule has 438 valence electrons. The standard InChI is InChI=1S/C70H61N5O12/c1-3-69(57-36-60-63-45(38-75(60)65(77)56(57)41-82-66(69)78)34-44-35-61-62(86-42-85-61)37-59(44)73-63)87-68(80)84-39-43-25-29-49(30-26-43)72-64(76)58(74-67(79)83-40-55-53-22-12-10-20-51(53)52-21-11-13-23-54(52)55)24-14-15-33-71-70(46-16-6-4-7-17-46,47-18-8-5-9-19-47)48-27-31-50(81-2)32-28-48/h4-13,16-23,25-32,34-37,55,58,71H,3,14-15,24,33,38-42H2,1-2H3,(H,72,76)(H,74,79)/t58-,69-/m0/s1. The van der Waals surface area contributed by atoms with Crippen molar-refractivity contribution in [2.45, 2.75) is 75.5 Å². The van der Waals surface area contributed by atoms with Crippen LogP contribution in [-0.4, -0.2) is 66.8 Å². The highest BCUT2D eigenvalue weighted by Gasteiger charge is 2.51. The van der Waals surface area contributed by atoms with Crippen LogP contribution in [0.2, 0.25) is 0 Å². The van der Waals surface area contributed by atoms with Gasteiger partial charge in [-0.2, -0.15) is 0 Å². The van der Waals surface area contributed by atoms with Gasteiger partial charge in [-0.15, -0.1) is 0 Å². The van der Waals surface area contributed by atoms with Crippen LogP contribution in [0.25, 0.3) is 33.4 Å². The summed E-state index contributed by atoms with van der Waals surface area (Å²) in [6.07, 6.45) is -0.490. The molecule has 17 nitrogen and oxygen atoms in total. The van der Waals surface area contributed by atoms with E-state index in [4.69, 9.17) is 38.1 Å². The van der Waals surface area contributed by atoms with E-state index in [2.05, 4.69) is 64.5 Å². The molecule has 5 heterocycles. The molecule has 0 spiro atoms. The van der Waals surface area contributed by atoms with Gasteiger partial charge < -0.3 is 48.4 Å². The number of esters is 1. The third-order valence-electron chi connectivity index (χ3n) is 17.0. The molecular formula is C70H61N5O12. The van der Waals surface area contributed by atoms with Crippen LogP contribution in [-0.2, 0) is 59.4 Å². The highest BCUT2D eigenvalue weighted by Crippen LogP contribution is 2.46. The van der Waals surface area contributed by atoms with Crippen molar-refractivity contribution in [2.24, 2.45) is 0 Å². The number of hydrogen-bond acceptors (Lipinski definition) is 14. The van der Waals surface area contributed by atoms with E-state index < -0.39 is 46.9 Å². The smallest absolute Gasteiger partial charge is 0.497 e. The molecule has 9 aromatic rings. The van der Waals surface area contributed by atoms with Crippen LogP contribution in [0.3, 0.4) is 0 Å². The zero-order valence-electron chi connectivity index (χ0n) is 47.8. The Balaban J connectivity index is 0.690. The Morgan fingerprint density at radius 2 is 1.39 bits per heavy atom. The number of hydrogen-bond donors (Lipinski definition) is 3. The van der Waals surface area contributed by atoms with Gasteiger partial charge in [-0.05, 0) is 119 Å². The molecule has 3 aliphatic heterocycles. The van der Waals surface area contributed by atoms with E-state index >= 15 is 0 Å². The van der Waals surface area contributed by atoms with Crippen molar-refractivity contribution >= 4 is 40.7 Å². The second-order valence-corrected chi connectivity index (χ2v) is 21.9. The number of benzene rings is 7. The Labute approximate surface area is 501 Å². The minimum atomic E-state index is -1.99. The van der Waals surface area contributed by atoms with E-state index in [-0.39, 0.29) is 63.0 Å². The number of unbranched alkanes of at least 4 members (excludes halogenated alkanes) is 1. The van der Waals surface area contributed by atoms with Gasteiger partial charge in [-0.3, -0.25) is 14.9 Å². The predicted molar refractivity (Wildman–Crippen MR) is 324 cm³/mol. The van der Waals surface area contributed by atoms with Gasteiger partial charge in [0, 0.05) is 34.2 Å².